The van der Waals surface area contributed by atoms with E-state index in [9.17, 15) is 14.9 Å². The van der Waals surface area contributed by atoms with Gasteiger partial charge in [-0.05, 0) is 36.5 Å². The Balaban J connectivity index is 1.64. The van der Waals surface area contributed by atoms with E-state index in [0.29, 0.717) is 41.4 Å². The topological polar surface area (TPSA) is 110 Å². The van der Waals surface area contributed by atoms with Gasteiger partial charge in [0.1, 0.15) is 23.0 Å². The van der Waals surface area contributed by atoms with Crippen LogP contribution in [0.5, 0.6) is 11.5 Å². The number of nitro benzene ring substituents is 1. The number of likely N-dealkylation sites (tertiary alicyclic amines) is 1. The van der Waals surface area contributed by atoms with Crippen LogP contribution in [-0.2, 0) is 4.79 Å². The van der Waals surface area contributed by atoms with E-state index in [0.717, 1.165) is 13.1 Å². The van der Waals surface area contributed by atoms with Gasteiger partial charge in [0, 0.05) is 32.4 Å². The maximum atomic E-state index is 12.4. The molecule has 2 unspecified atom stereocenters. The van der Waals surface area contributed by atoms with E-state index in [4.69, 9.17) is 4.74 Å². The number of benzene rings is 1. The molecule has 1 fully saturated rings. The number of hydrogen-bond acceptors (Lipinski definition) is 7. The maximum absolute atomic E-state index is 12.4. The first-order chi connectivity index (χ1) is 14.3. The number of rotatable bonds is 7. The maximum Gasteiger partial charge on any atom is 0.296 e. The highest BCUT2D eigenvalue weighted by atomic mass is 16.6. The minimum Gasteiger partial charge on any atom is -0.457 e. The number of nitrogens with one attached hydrogen (secondary N) is 2. The average Bonchev–Trinajstić information content (AvgIpc) is 2.67. The lowest BCUT2D eigenvalue weighted by molar-refractivity contribution is -0.384. The number of piperidine rings is 1. The number of nitro groups is 1. The lowest BCUT2D eigenvalue weighted by atomic mass is 9.92. The van der Waals surface area contributed by atoms with Crippen molar-refractivity contribution < 1.29 is 14.5 Å². The summed E-state index contributed by atoms with van der Waals surface area (Å²) in [7, 11) is 1.62. The Morgan fingerprint density at radius 1 is 1.23 bits per heavy atom. The van der Waals surface area contributed by atoms with E-state index in [1.807, 2.05) is 0 Å². The normalized spacial score (nSPS) is 19.2. The monoisotopic (exact) mass is 413 g/mol. The summed E-state index contributed by atoms with van der Waals surface area (Å²) in [6.07, 6.45) is 2.71. The number of anilines is 2. The van der Waals surface area contributed by atoms with Crippen molar-refractivity contribution in [2.75, 3.05) is 37.3 Å². The summed E-state index contributed by atoms with van der Waals surface area (Å²) in [5.41, 5.74) is 0.318. The van der Waals surface area contributed by atoms with Crippen LogP contribution in [0.1, 0.15) is 20.3 Å². The Kier molecular flexibility index (Phi) is 6.83. The van der Waals surface area contributed by atoms with E-state index < -0.39 is 4.92 Å². The number of hydrogen-bond donors (Lipinski definition) is 2. The van der Waals surface area contributed by atoms with E-state index >= 15 is 0 Å². The van der Waals surface area contributed by atoms with Gasteiger partial charge in [-0.15, -0.1) is 0 Å². The van der Waals surface area contributed by atoms with Crippen LogP contribution in [0.3, 0.4) is 0 Å². The molecule has 1 amide bonds. The molecule has 1 aromatic carbocycles. The van der Waals surface area contributed by atoms with Gasteiger partial charge in [0.25, 0.3) is 5.69 Å². The smallest absolute Gasteiger partial charge is 0.296 e. The van der Waals surface area contributed by atoms with Gasteiger partial charge in [-0.25, -0.2) is 4.98 Å². The van der Waals surface area contributed by atoms with Crippen molar-refractivity contribution in [1.29, 1.82) is 0 Å². The summed E-state index contributed by atoms with van der Waals surface area (Å²) in [6, 6.07) is 7.79. The number of pyridine rings is 1. The highest BCUT2D eigenvalue weighted by Gasteiger charge is 2.23. The van der Waals surface area contributed by atoms with Gasteiger partial charge in [-0.2, -0.15) is 0 Å². The van der Waals surface area contributed by atoms with E-state index in [-0.39, 0.29) is 11.6 Å². The van der Waals surface area contributed by atoms with Crippen LogP contribution in [0.15, 0.2) is 36.5 Å². The average molecular weight is 413 g/mol. The zero-order chi connectivity index (χ0) is 21.7. The molecule has 0 spiro atoms. The molecule has 0 aliphatic carbocycles. The summed E-state index contributed by atoms with van der Waals surface area (Å²) in [5, 5.41) is 16.8. The molecule has 3 rings (SSSR count). The number of carbonyl (C=O) groups is 1. The third-order valence-electron chi connectivity index (χ3n) is 4.98. The SMILES string of the molecule is CNc1ccc(Oc2ccnc(NC(=O)CN3CC(C)CC(C)C3)c2)cc1[N+](=O)[O-]. The highest BCUT2D eigenvalue weighted by Crippen LogP contribution is 2.31. The third kappa shape index (κ3) is 5.66. The molecule has 30 heavy (non-hydrogen) atoms. The highest BCUT2D eigenvalue weighted by molar-refractivity contribution is 5.91. The Bertz CT molecular complexity index is 910. The van der Waals surface area contributed by atoms with Crippen molar-refractivity contribution in [2.24, 2.45) is 11.8 Å². The molecule has 1 aromatic heterocycles. The van der Waals surface area contributed by atoms with Crippen LogP contribution in [0.25, 0.3) is 0 Å². The summed E-state index contributed by atoms with van der Waals surface area (Å²) in [5.74, 6) is 2.14. The van der Waals surface area contributed by atoms with Crippen LogP contribution in [0.2, 0.25) is 0 Å². The first-order valence-electron chi connectivity index (χ1n) is 9.96. The molecule has 1 aliphatic rings. The van der Waals surface area contributed by atoms with Crippen molar-refractivity contribution in [3.63, 3.8) is 0 Å². The van der Waals surface area contributed by atoms with Crippen LogP contribution in [0, 0.1) is 22.0 Å². The van der Waals surface area contributed by atoms with Crippen molar-refractivity contribution in [3.05, 3.63) is 46.6 Å². The van der Waals surface area contributed by atoms with Crippen LogP contribution < -0.4 is 15.4 Å². The van der Waals surface area contributed by atoms with E-state index in [1.54, 1.807) is 31.3 Å². The van der Waals surface area contributed by atoms with Gasteiger partial charge in [-0.3, -0.25) is 19.8 Å². The lowest BCUT2D eigenvalue weighted by Gasteiger charge is -2.34. The molecule has 2 heterocycles. The van der Waals surface area contributed by atoms with Crippen LogP contribution >= 0.6 is 0 Å². The van der Waals surface area contributed by atoms with Gasteiger partial charge in [0.15, 0.2) is 0 Å². The summed E-state index contributed by atoms with van der Waals surface area (Å²) in [4.78, 5) is 29.5. The minimum atomic E-state index is -0.473. The molecule has 0 radical (unpaired) electrons. The number of carbonyl (C=O) groups excluding carboxylic acids is 1. The van der Waals surface area contributed by atoms with Gasteiger partial charge in [0.2, 0.25) is 5.91 Å². The molecule has 0 saturated carbocycles. The number of amides is 1. The first kappa shape index (κ1) is 21.5. The van der Waals surface area contributed by atoms with Gasteiger partial charge in [0.05, 0.1) is 17.5 Å². The molecule has 160 valence electrons. The Morgan fingerprint density at radius 3 is 2.60 bits per heavy atom. The summed E-state index contributed by atoms with van der Waals surface area (Å²) < 4.78 is 5.74. The molecule has 1 aliphatic heterocycles. The second-order valence-corrected chi connectivity index (χ2v) is 7.85. The van der Waals surface area contributed by atoms with E-state index in [1.165, 1.54) is 18.7 Å². The number of nitrogens with zero attached hydrogens (tertiary/aromatic N) is 3. The predicted octanol–water partition coefficient (Wildman–Crippen LogP) is 3.74. The second-order valence-electron chi connectivity index (χ2n) is 7.85. The molecular formula is C21H27N5O4. The van der Waals surface area contributed by atoms with Crippen molar-refractivity contribution in [2.45, 2.75) is 20.3 Å². The molecule has 2 aromatic rings. The standard InChI is InChI=1S/C21H27N5O4/c1-14-8-15(2)12-25(11-14)13-21(27)24-20-10-17(6-7-23-20)30-16-4-5-18(22-3)19(9-16)26(28)29/h4-7,9-10,14-15,22H,8,11-13H2,1-3H3,(H,23,24,27). The zero-order valence-electron chi connectivity index (χ0n) is 17.4. The Labute approximate surface area is 175 Å². The number of aromatic nitrogens is 1. The largest absolute Gasteiger partial charge is 0.457 e. The quantitative estimate of drug-likeness (QED) is 0.525. The summed E-state index contributed by atoms with van der Waals surface area (Å²) in [6.45, 7) is 6.55. The second kappa shape index (κ2) is 9.53. The molecule has 2 N–H and O–H groups in total. The summed E-state index contributed by atoms with van der Waals surface area (Å²) >= 11 is 0. The van der Waals surface area contributed by atoms with Crippen molar-refractivity contribution in [1.82, 2.24) is 9.88 Å². The molecular weight excluding hydrogens is 386 g/mol. The fourth-order valence-electron chi connectivity index (χ4n) is 3.92. The zero-order valence-corrected chi connectivity index (χ0v) is 17.4. The van der Waals surface area contributed by atoms with E-state index in [2.05, 4.69) is 34.4 Å². The Hall–Kier alpha value is -3.20. The fraction of sp³-hybridized carbons (Fsp3) is 0.429. The third-order valence-corrected chi connectivity index (χ3v) is 4.98. The molecule has 2 atom stereocenters. The van der Waals surface area contributed by atoms with Crippen LogP contribution in [-0.4, -0.2) is 47.4 Å². The molecule has 9 nitrogen and oxygen atoms in total. The molecule has 9 heteroatoms. The minimum absolute atomic E-state index is 0.0810. The first-order valence-corrected chi connectivity index (χ1v) is 9.96. The Morgan fingerprint density at radius 2 is 1.93 bits per heavy atom. The fourth-order valence-corrected chi connectivity index (χ4v) is 3.92. The van der Waals surface area contributed by atoms with Crippen molar-refractivity contribution in [3.8, 4) is 11.5 Å². The number of ether oxygens (including phenoxy) is 1. The predicted molar refractivity (Wildman–Crippen MR) is 115 cm³/mol. The van der Waals surface area contributed by atoms with Crippen molar-refractivity contribution >= 4 is 23.1 Å². The molecule has 0 bridgehead atoms. The lowest BCUT2D eigenvalue weighted by Crippen LogP contribution is -2.42. The van der Waals surface area contributed by atoms with Gasteiger partial charge >= 0.3 is 0 Å². The molecule has 1 saturated heterocycles. The van der Waals surface area contributed by atoms with Gasteiger partial charge < -0.3 is 15.4 Å². The van der Waals surface area contributed by atoms with Gasteiger partial charge in [-0.1, -0.05) is 13.8 Å². The van der Waals surface area contributed by atoms with Crippen LogP contribution in [0.4, 0.5) is 17.2 Å².